The van der Waals surface area contributed by atoms with Gasteiger partial charge in [-0.2, -0.15) is 0 Å². The number of hydrogen-bond donors (Lipinski definition) is 1. The second-order valence-corrected chi connectivity index (χ2v) is 13.2. The van der Waals surface area contributed by atoms with Gasteiger partial charge in [0.15, 0.2) is 0 Å². The molecule has 1 aliphatic carbocycles. The van der Waals surface area contributed by atoms with Crippen molar-refractivity contribution in [3.8, 4) is 0 Å². The molecule has 1 fully saturated rings. The van der Waals surface area contributed by atoms with Crippen LogP contribution in [0.5, 0.6) is 0 Å². The van der Waals surface area contributed by atoms with Gasteiger partial charge in [-0.25, -0.2) is 8.42 Å². The number of nitro groups is 1. The summed E-state index contributed by atoms with van der Waals surface area (Å²) in [5.41, 5.74) is 1.27. The molecule has 222 valence electrons. The number of carbonyl (C=O) groups is 2. The monoisotopic (exact) mass is 656 g/mol. The van der Waals surface area contributed by atoms with E-state index in [0.29, 0.717) is 0 Å². The van der Waals surface area contributed by atoms with Crippen LogP contribution in [0.25, 0.3) is 0 Å². The van der Waals surface area contributed by atoms with Crippen LogP contribution in [-0.2, 0) is 32.6 Å². The first kappa shape index (κ1) is 31.2. The predicted octanol–water partition coefficient (Wildman–Crippen LogP) is 4.82. The van der Waals surface area contributed by atoms with Crippen LogP contribution < -0.4 is 9.62 Å². The summed E-state index contributed by atoms with van der Waals surface area (Å²) >= 11 is 3.42. The van der Waals surface area contributed by atoms with Crippen molar-refractivity contribution in [2.75, 3.05) is 17.1 Å². The van der Waals surface area contributed by atoms with E-state index in [1.165, 1.54) is 23.1 Å². The smallest absolute Gasteiger partial charge is 0.271 e. The Bertz CT molecular complexity index is 1510. The molecule has 3 aromatic carbocycles. The predicted molar refractivity (Wildman–Crippen MR) is 164 cm³/mol. The van der Waals surface area contributed by atoms with Gasteiger partial charge in [-0.15, -0.1) is 0 Å². The first-order valence-corrected chi connectivity index (χ1v) is 16.3. The van der Waals surface area contributed by atoms with Crippen molar-refractivity contribution in [2.24, 2.45) is 0 Å². The number of anilines is 1. The van der Waals surface area contributed by atoms with Crippen molar-refractivity contribution in [1.82, 2.24) is 10.2 Å². The fourth-order valence-electron chi connectivity index (χ4n) is 5.08. The number of rotatable bonds is 12. The second-order valence-electron chi connectivity index (χ2n) is 10.4. The molecule has 0 spiro atoms. The normalized spacial score (nSPS) is 14.2. The summed E-state index contributed by atoms with van der Waals surface area (Å²) in [5.74, 6) is -0.921. The van der Waals surface area contributed by atoms with Crippen molar-refractivity contribution in [1.29, 1.82) is 0 Å². The lowest BCUT2D eigenvalue weighted by atomic mass is 10.0. The van der Waals surface area contributed by atoms with Crippen LogP contribution >= 0.6 is 15.9 Å². The Morgan fingerprint density at radius 3 is 2.29 bits per heavy atom. The van der Waals surface area contributed by atoms with E-state index in [1.807, 2.05) is 54.6 Å². The Morgan fingerprint density at radius 1 is 1.00 bits per heavy atom. The molecular weight excluding hydrogens is 624 g/mol. The summed E-state index contributed by atoms with van der Waals surface area (Å²) in [6.07, 6.45) is 4.91. The molecule has 2 amide bonds. The largest absolute Gasteiger partial charge is 0.352 e. The maximum Gasteiger partial charge on any atom is 0.271 e. The van der Waals surface area contributed by atoms with Gasteiger partial charge in [0.2, 0.25) is 21.8 Å². The van der Waals surface area contributed by atoms with Crippen LogP contribution in [0.3, 0.4) is 0 Å². The maximum atomic E-state index is 14.1. The van der Waals surface area contributed by atoms with Gasteiger partial charge in [0, 0.05) is 35.6 Å². The summed E-state index contributed by atoms with van der Waals surface area (Å²) in [6.45, 7) is -0.591. The minimum Gasteiger partial charge on any atom is -0.352 e. The van der Waals surface area contributed by atoms with Gasteiger partial charge in [-0.05, 0) is 42.2 Å². The topological polar surface area (TPSA) is 130 Å². The lowest BCUT2D eigenvalue weighted by molar-refractivity contribution is -0.384. The number of nitrogens with one attached hydrogen (secondary N) is 1. The maximum absolute atomic E-state index is 14.1. The standard InChI is InChI=1S/C30H33BrN4O6S/c1-42(40,41)34(26-12-7-13-27(19-26)35(38)39)21-29(36)33(20-23-14-16-24(31)17-15-23)28(18-22-8-3-2-4-9-22)30(37)32-25-10-5-6-11-25/h2-4,7-9,12-17,19,25,28H,5-6,10-11,18,20-21H2,1H3,(H,32,37)/t28-/m0/s1. The molecule has 0 aliphatic heterocycles. The van der Waals surface area contributed by atoms with Crippen molar-refractivity contribution >= 4 is 49.1 Å². The molecule has 0 radical (unpaired) electrons. The minimum atomic E-state index is -4.03. The fraction of sp³-hybridized carbons (Fsp3) is 0.333. The quantitative estimate of drug-likeness (QED) is 0.220. The molecule has 4 rings (SSSR count). The molecule has 0 heterocycles. The van der Waals surface area contributed by atoms with Gasteiger partial charge in [-0.1, -0.05) is 77.3 Å². The van der Waals surface area contributed by atoms with Gasteiger partial charge >= 0.3 is 0 Å². The molecule has 42 heavy (non-hydrogen) atoms. The van der Waals surface area contributed by atoms with Crippen LogP contribution in [0, 0.1) is 10.1 Å². The zero-order chi connectivity index (χ0) is 30.3. The third-order valence-electron chi connectivity index (χ3n) is 7.25. The molecule has 1 N–H and O–H groups in total. The van der Waals surface area contributed by atoms with Gasteiger partial charge in [0.05, 0.1) is 16.9 Å². The Balaban J connectivity index is 1.73. The van der Waals surface area contributed by atoms with Crippen molar-refractivity contribution < 1.29 is 22.9 Å². The third-order valence-corrected chi connectivity index (χ3v) is 8.92. The Morgan fingerprint density at radius 2 is 1.67 bits per heavy atom. The Labute approximate surface area is 254 Å². The number of hydrogen-bond acceptors (Lipinski definition) is 6. The fourth-order valence-corrected chi connectivity index (χ4v) is 6.19. The molecule has 3 aromatic rings. The number of sulfonamides is 1. The summed E-state index contributed by atoms with van der Waals surface area (Å²) in [4.78, 5) is 40.1. The first-order valence-electron chi connectivity index (χ1n) is 13.6. The number of nitrogens with zero attached hydrogens (tertiary/aromatic N) is 3. The average Bonchev–Trinajstić information content (AvgIpc) is 3.47. The van der Waals surface area contributed by atoms with Gasteiger partial charge in [0.25, 0.3) is 5.69 Å². The molecular formula is C30H33BrN4O6S. The summed E-state index contributed by atoms with van der Waals surface area (Å²) in [5, 5.41) is 14.5. The van der Waals surface area contributed by atoms with Crippen molar-refractivity contribution in [3.05, 3.63) is 105 Å². The molecule has 10 nitrogen and oxygen atoms in total. The zero-order valence-electron chi connectivity index (χ0n) is 23.2. The minimum absolute atomic E-state index is 0.0118. The first-order chi connectivity index (χ1) is 20.0. The Kier molecular flexibility index (Phi) is 10.3. The number of halogens is 1. The van der Waals surface area contributed by atoms with Crippen LogP contribution in [0.2, 0.25) is 0 Å². The van der Waals surface area contributed by atoms with Gasteiger partial charge in [0.1, 0.15) is 12.6 Å². The number of carbonyl (C=O) groups excluding carboxylic acids is 2. The highest BCUT2D eigenvalue weighted by molar-refractivity contribution is 9.10. The number of amides is 2. The van der Waals surface area contributed by atoms with E-state index in [9.17, 15) is 28.1 Å². The molecule has 12 heteroatoms. The number of non-ortho nitro benzene ring substituents is 1. The molecule has 0 unspecified atom stereocenters. The van der Waals surface area contributed by atoms with E-state index in [0.717, 1.165) is 57.9 Å². The highest BCUT2D eigenvalue weighted by Crippen LogP contribution is 2.25. The number of nitro benzene ring substituents is 1. The highest BCUT2D eigenvalue weighted by atomic mass is 79.9. The molecule has 1 atom stereocenters. The molecule has 0 bridgehead atoms. The van der Waals surface area contributed by atoms with Crippen LogP contribution in [-0.4, -0.2) is 54.9 Å². The Hall–Kier alpha value is -3.77. The molecule has 0 saturated heterocycles. The van der Waals surface area contributed by atoms with Crippen molar-refractivity contribution in [3.63, 3.8) is 0 Å². The van der Waals surface area contributed by atoms with Crippen LogP contribution in [0.1, 0.15) is 36.8 Å². The van der Waals surface area contributed by atoms with E-state index < -0.39 is 33.4 Å². The van der Waals surface area contributed by atoms with E-state index in [4.69, 9.17) is 0 Å². The summed E-state index contributed by atoms with van der Waals surface area (Å²) in [6, 6.07) is 20.8. The third kappa shape index (κ3) is 8.39. The highest BCUT2D eigenvalue weighted by Gasteiger charge is 2.34. The molecule has 0 aromatic heterocycles. The van der Waals surface area contributed by atoms with E-state index in [2.05, 4.69) is 21.2 Å². The zero-order valence-corrected chi connectivity index (χ0v) is 25.6. The van der Waals surface area contributed by atoms with E-state index in [-0.39, 0.29) is 36.3 Å². The van der Waals surface area contributed by atoms with Gasteiger partial charge in [-0.3, -0.25) is 24.0 Å². The van der Waals surface area contributed by atoms with Crippen molar-refractivity contribution in [2.45, 2.75) is 50.7 Å². The molecule has 1 aliphatic rings. The average molecular weight is 658 g/mol. The van der Waals surface area contributed by atoms with E-state index in [1.54, 1.807) is 0 Å². The second kappa shape index (κ2) is 13.9. The summed E-state index contributed by atoms with van der Waals surface area (Å²) in [7, 11) is -4.03. The SMILES string of the molecule is CS(=O)(=O)N(CC(=O)N(Cc1ccc(Br)cc1)[C@@H](Cc1ccccc1)C(=O)NC1CCCC1)c1cccc([N+](=O)[O-])c1. The number of benzene rings is 3. The van der Waals surface area contributed by atoms with Crippen LogP contribution in [0.15, 0.2) is 83.3 Å². The molecule has 1 saturated carbocycles. The van der Waals surface area contributed by atoms with E-state index >= 15 is 0 Å². The van der Waals surface area contributed by atoms with Crippen LogP contribution in [0.4, 0.5) is 11.4 Å². The van der Waals surface area contributed by atoms with Gasteiger partial charge < -0.3 is 10.2 Å². The summed E-state index contributed by atoms with van der Waals surface area (Å²) < 4.78 is 27.5. The lowest BCUT2D eigenvalue weighted by Crippen LogP contribution is -2.54. The lowest BCUT2D eigenvalue weighted by Gasteiger charge is -2.34.